The van der Waals surface area contributed by atoms with Crippen LogP contribution in [0.1, 0.15) is 50.0 Å². The van der Waals surface area contributed by atoms with Crippen molar-refractivity contribution < 1.29 is 28.2 Å². The molecule has 168 valence electrons. The summed E-state index contributed by atoms with van der Waals surface area (Å²) in [5.41, 5.74) is 0.0288. The van der Waals surface area contributed by atoms with Crippen molar-refractivity contribution in [3.8, 4) is 5.75 Å². The SMILES string of the molecule is O=C1COC[C@]2(CCN3C(=O)CCOc4cccc(F)c4[C@H]4CC[C@H](CC4)OC[C@@H]32)N1. The van der Waals surface area contributed by atoms with Gasteiger partial charge in [0, 0.05) is 12.1 Å². The Bertz CT molecular complexity index is 856. The van der Waals surface area contributed by atoms with E-state index in [9.17, 15) is 14.0 Å². The van der Waals surface area contributed by atoms with Crippen molar-refractivity contribution in [2.75, 3.05) is 33.0 Å². The fourth-order valence-corrected chi connectivity index (χ4v) is 5.66. The number of rotatable bonds is 0. The Morgan fingerprint density at radius 1 is 1.16 bits per heavy atom. The van der Waals surface area contributed by atoms with Crippen LogP contribution in [-0.2, 0) is 19.1 Å². The molecule has 1 N–H and O–H groups in total. The van der Waals surface area contributed by atoms with Crippen molar-refractivity contribution in [2.45, 2.75) is 62.1 Å². The zero-order valence-corrected chi connectivity index (χ0v) is 17.6. The van der Waals surface area contributed by atoms with E-state index in [-0.39, 0.29) is 55.3 Å². The lowest BCUT2D eigenvalue weighted by atomic mass is 9.82. The Morgan fingerprint density at radius 2 is 2.00 bits per heavy atom. The minimum absolute atomic E-state index is 0.0505. The quantitative estimate of drug-likeness (QED) is 0.680. The van der Waals surface area contributed by atoms with Crippen molar-refractivity contribution in [3.63, 3.8) is 0 Å². The van der Waals surface area contributed by atoms with Gasteiger partial charge in [-0.25, -0.2) is 4.39 Å². The van der Waals surface area contributed by atoms with E-state index >= 15 is 0 Å². The summed E-state index contributed by atoms with van der Waals surface area (Å²) in [5.74, 6) is 0.189. The van der Waals surface area contributed by atoms with Gasteiger partial charge in [-0.1, -0.05) is 6.07 Å². The molecule has 31 heavy (non-hydrogen) atoms. The summed E-state index contributed by atoms with van der Waals surface area (Å²) in [4.78, 5) is 27.0. The van der Waals surface area contributed by atoms with Gasteiger partial charge in [-0.2, -0.15) is 0 Å². The number of nitrogens with zero attached hydrogens (tertiary/aromatic N) is 1. The molecule has 3 fully saturated rings. The van der Waals surface area contributed by atoms with Gasteiger partial charge in [-0.15, -0.1) is 0 Å². The number of halogens is 1. The van der Waals surface area contributed by atoms with Crippen LogP contribution in [0.2, 0.25) is 0 Å². The number of nitrogens with one attached hydrogen (secondary N) is 1. The lowest BCUT2D eigenvalue weighted by molar-refractivity contribution is -0.143. The van der Waals surface area contributed by atoms with E-state index in [1.165, 1.54) is 6.07 Å². The molecule has 6 rings (SSSR count). The number of ether oxygens (including phenoxy) is 3. The first-order valence-corrected chi connectivity index (χ1v) is 11.3. The van der Waals surface area contributed by atoms with Crippen molar-refractivity contribution >= 4 is 11.8 Å². The van der Waals surface area contributed by atoms with Crippen LogP contribution in [0.15, 0.2) is 18.2 Å². The van der Waals surface area contributed by atoms with E-state index < -0.39 is 5.54 Å². The third-order valence-corrected chi connectivity index (χ3v) is 7.27. The topological polar surface area (TPSA) is 77.1 Å². The smallest absolute Gasteiger partial charge is 0.246 e. The van der Waals surface area contributed by atoms with E-state index in [1.54, 1.807) is 12.1 Å². The van der Waals surface area contributed by atoms with Gasteiger partial charge in [-0.05, 0) is 50.2 Å². The molecule has 0 aromatic heterocycles. The highest BCUT2D eigenvalue weighted by molar-refractivity contribution is 5.80. The van der Waals surface area contributed by atoms with Gasteiger partial charge in [0.2, 0.25) is 11.8 Å². The summed E-state index contributed by atoms with van der Waals surface area (Å²) in [6, 6.07) is 4.66. The number of fused-ring (bicyclic) bond motifs is 6. The molecule has 0 unspecified atom stereocenters. The third-order valence-electron chi connectivity index (χ3n) is 7.27. The maximum atomic E-state index is 14.7. The number of carbonyl (C=O) groups excluding carboxylic acids is 2. The minimum atomic E-state index is -0.601. The fourth-order valence-electron chi connectivity index (χ4n) is 5.66. The van der Waals surface area contributed by atoms with E-state index in [0.29, 0.717) is 37.5 Å². The molecule has 4 aliphatic heterocycles. The molecule has 5 aliphatic rings. The molecule has 1 aromatic carbocycles. The molecular formula is C23H29FN2O5. The summed E-state index contributed by atoms with van der Waals surface area (Å²) in [6.45, 7) is 1.51. The van der Waals surface area contributed by atoms with Crippen LogP contribution in [0.5, 0.6) is 5.75 Å². The molecule has 1 aromatic rings. The van der Waals surface area contributed by atoms with Gasteiger partial charge in [0.25, 0.3) is 0 Å². The molecule has 4 heterocycles. The molecule has 7 nitrogen and oxygen atoms in total. The maximum Gasteiger partial charge on any atom is 0.246 e. The Balaban J connectivity index is 1.41. The molecule has 2 saturated heterocycles. The van der Waals surface area contributed by atoms with E-state index in [0.717, 1.165) is 25.7 Å². The third kappa shape index (κ3) is 3.91. The predicted octanol–water partition coefficient (Wildman–Crippen LogP) is 2.14. The highest BCUT2D eigenvalue weighted by atomic mass is 19.1. The normalized spacial score (nSPS) is 34.0. The molecule has 8 heteroatoms. The van der Waals surface area contributed by atoms with Crippen LogP contribution < -0.4 is 10.1 Å². The number of amides is 2. The average molecular weight is 432 g/mol. The standard InChI is InChI=1S/C23H29FN2O5/c24-17-2-1-3-18-22(17)15-4-6-16(7-5-15)31-12-19-23(14-29-13-20(27)25-23)9-10-26(19)21(28)8-11-30-18/h1-3,15-16,19H,4-14H2,(H,25,27)/t15-,16+,19-,23+/m1/s1. The molecule has 2 amide bonds. The second kappa shape index (κ2) is 8.39. The van der Waals surface area contributed by atoms with Crippen LogP contribution in [-0.4, -0.2) is 67.4 Å². The van der Waals surface area contributed by atoms with Gasteiger partial charge in [0.05, 0.1) is 43.9 Å². The lowest BCUT2D eigenvalue weighted by Gasteiger charge is -2.41. The zero-order chi connectivity index (χ0) is 21.4. The van der Waals surface area contributed by atoms with E-state index in [4.69, 9.17) is 14.2 Å². The van der Waals surface area contributed by atoms with Crippen molar-refractivity contribution in [1.82, 2.24) is 10.2 Å². The van der Waals surface area contributed by atoms with Crippen molar-refractivity contribution in [1.29, 1.82) is 0 Å². The van der Waals surface area contributed by atoms with Crippen molar-refractivity contribution in [3.05, 3.63) is 29.6 Å². The Morgan fingerprint density at radius 3 is 2.81 bits per heavy atom. The molecule has 1 aliphatic carbocycles. The van der Waals surface area contributed by atoms with Crippen LogP contribution in [0.3, 0.4) is 0 Å². The summed E-state index contributed by atoms with van der Waals surface area (Å²) in [5, 5.41) is 3.10. The molecular weight excluding hydrogens is 403 g/mol. The number of hydrogen-bond acceptors (Lipinski definition) is 5. The average Bonchev–Trinajstić information content (AvgIpc) is 3.09. The maximum absolute atomic E-state index is 14.7. The first kappa shape index (κ1) is 20.7. The highest BCUT2D eigenvalue weighted by Gasteiger charge is 2.52. The number of morpholine rings is 1. The van der Waals surface area contributed by atoms with Crippen LogP contribution >= 0.6 is 0 Å². The molecule has 0 radical (unpaired) electrons. The van der Waals surface area contributed by atoms with Crippen LogP contribution in [0.4, 0.5) is 4.39 Å². The van der Waals surface area contributed by atoms with Gasteiger partial charge in [0.15, 0.2) is 0 Å². The first-order valence-electron chi connectivity index (χ1n) is 11.3. The molecule has 2 bridgehead atoms. The number of benzene rings is 1. The predicted molar refractivity (Wildman–Crippen MR) is 109 cm³/mol. The highest BCUT2D eigenvalue weighted by Crippen LogP contribution is 2.41. The van der Waals surface area contributed by atoms with E-state index in [1.807, 2.05) is 4.90 Å². The number of hydrogen-bond donors (Lipinski definition) is 1. The Labute approximate surface area is 181 Å². The summed E-state index contributed by atoms with van der Waals surface area (Å²) in [6.07, 6.45) is 4.21. The fraction of sp³-hybridized carbons (Fsp3) is 0.652. The summed E-state index contributed by atoms with van der Waals surface area (Å²) in [7, 11) is 0. The lowest BCUT2D eigenvalue weighted by Crippen LogP contribution is -2.65. The minimum Gasteiger partial charge on any atom is -0.493 e. The van der Waals surface area contributed by atoms with E-state index in [2.05, 4.69) is 5.32 Å². The van der Waals surface area contributed by atoms with Crippen molar-refractivity contribution in [2.24, 2.45) is 0 Å². The Kier molecular flexibility index (Phi) is 5.60. The van der Waals surface area contributed by atoms with Crippen LogP contribution in [0.25, 0.3) is 0 Å². The van der Waals surface area contributed by atoms with Gasteiger partial charge in [0.1, 0.15) is 18.2 Å². The Hall–Kier alpha value is -2.19. The monoisotopic (exact) mass is 432 g/mol. The van der Waals surface area contributed by atoms with Gasteiger partial charge >= 0.3 is 0 Å². The van der Waals surface area contributed by atoms with Gasteiger partial charge in [-0.3, -0.25) is 9.59 Å². The molecule has 2 atom stereocenters. The zero-order valence-electron chi connectivity index (χ0n) is 17.6. The molecule has 1 saturated carbocycles. The summed E-state index contributed by atoms with van der Waals surface area (Å²) < 4.78 is 32.4. The van der Waals surface area contributed by atoms with Crippen LogP contribution in [0, 0.1) is 5.82 Å². The second-order valence-corrected chi connectivity index (χ2v) is 9.11. The second-order valence-electron chi connectivity index (χ2n) is 9.11. The summed E-state index contributed by atoms with van der Waals surface area (Å²) >= 11 is 0. The van der Waals surface area contributed by atoms with Gasteiger partial charge < -0.3 is 24.4 Å². The molecule has 1 spiro atoms. The first-order chi connectivity index (χ1) is 15.1. The number of carbonyl (C=O) groups is 2. The largest absolute Gasteiger partial charge is 0.493 e.